The second-order valence-corrected chi connectivity index (χ2v) is 5.63. The highest BCUT2D eigenvalue weighted by Gasteiger charge is 2.29. The van der Waals surface area contributed by atoms with E-state index >= 15 is 0 Å². The van der Waals surface area contributed by atoms with Gasteiger partial charge in [0.05, 0.1) is 5.88 Å². The second kappa shape index (κ2) is 5.10. The SMILES string of the molecule is CC(Cn1c(CCl)nc2cccnc21)N(C)C1CC1. The lowest BCUT2D eigenvalue weighted by Gasteiger charge is -2.25. The molecule has 0 bridgehead atoms. The minimum Gasteiger partial charge on any atom is -0.310 e. The van der Waals surface area contributed by atoms with Crippen LogP contribution in [0.1, 0.15) is 25.6 Å². The number of pyridine rings is 1. The van der Waals surface area contributed by atoms with Crippen molar-refractivity contribution in [1.29, 1.82) is 0 Å². The van der Waals surface area contributed by atoms with Crippen LogP contribution in [0, 0.1) is 0 Å². The number of rotatable bonds is 5. The van der Waals surface area contributed by atoms with E-state index in [1.54, 1.807) is 0 Å². The van der Waals surface area contributed by atoms with Gasteiger partial charge in [0, 0.05) is 24.8 Å². The normalized spacial score (nSPS) is 17.3. The van der Waals surface area contributed by atoms with Gasteiger partial charge in [0.1, 0.15) is 11.3 Å². The summed E-state index contributed by atoms with van der Waals surface area (Å²) in [6.45, 7) is 3.15. The summed E-state index contributed by atoms with van der Waals surface area (Å²) in [4.78, 5) is 11.5. The quantitative estimate of drug-likeness (QED) is 0.789. The van der Waals surface area contributed by atoms with Crippen molar-refractivity contribution in [2.45, 2.75) is 44.3 Å². The molecule has 1 saturated carbocycles. The van der Waals surface area contributed by atoms with E-state index in [0.717, 1.165) is 29.6 Å². The fourth-order valence-corrected chi connectivity index (χ4v) is 2.74. The smallest absolute Gasteiger partial charge is 0.160 e. The van der Waals surface area contributed by atoms with E-state index in [0.29, 0.717) is 11.9 Å². The maximum Gasteiger partial charge on any atom is 0.160 e. The lowest BCUT2D eigenvalue weighted by molar-refractivity contribution is 0.226. The summed E-state index contributed by atoms with van der Waals surface area (Å²) in [5, 5.41) is 0. The molecular formula is C14H19ClN4. The molecular weight excluding hydrogens is 260 g/mol. The molecule has 1 atom stereocenters. The van der Waals surface area contributed by atoms with Crippen molar-refractivity contribution in [3.63, 3.8) is 0 Å². The van der Waals surface area contributed by atoms with E-state index in [1.165, 1.54) is 12.8 Å². The van der Waals surface area contributed by atoms with Crippen molar-refractivity contribution in [3.05, 3.63) is 24.2 Å². The average Bonchev–Trinajstić information content (AvgIpc) is 3.22. The zero-order chi connectivity index (χ0) is 13.4. The molecule has 1 unspecified atom stereocenters. The van der Waals surface area contributed by atoms with Crippen LogP contribution in [0.5, 0.6) is 0 Å². The van der Waals surface area contributed by atoms with Crippen LogP contribution >= 0.6 is 11.6 Å². The van der Waals surface area contributed by atoms with Crippen LogP contribution in [0.2, 0.25) is 0 Å². The number of halogens is 1. The molecule has 1 aliphatic carbocycles. The van der Waals surface area contributed by atoms with Gasteiger partial charge >= 0.3 is 0 Å². The van der Waals surface area contributed by atoms with Crippen molar-refractivity contribution in [2.24, 2.45) is 0 Å². The molecule has 1 aliphatic rings. The number of imidazole rings is 1. The van der Waals surface area contributed by atoms with Crippen LogP contribution in [0.4, 0.5) is 0 Å². The molecule has 0 N–H and O–H groups in total. The number of fused-ring (bicyclic) bond motifs is 1. The Labute approximate surface area is 118 Å². The Morgan fingerprint density at radius 3 is 3.00 bits per heavy atom. The van der Waals surface area contributed by atoms with E-state index in [9.17, 15) is 0 Å². The Balaban J connectivity index is 1.90. The van der Waals surface area contributed by atoms with Gasteiger partial charge in [0.2, 0.25) is 0 Å². The highest BCUT2D eigenvalue weighted by atomic mass is 35.5. The third kappa shape index (κ3) is 2.47. The molecule has 0 aliphatic heterocycles. The van der Waals surface area contributed by atoms with Crippen molar-refractivity contribution in [2.75, 3.05) is 7.05 Å². The molecule has 19 heavy (non-hydrogen) atoms. The first kappa shape index (κ1) is 12.9. The molecule has 3 rings (SSSR count). The topological polar surface area (TPSA) is 34.0 Å². The molecule has 102 valence electrons. The Bertz CT molecular complexity index is 576. The summed E-state index contributed by atoms with van der Waals surface area (Å²) in [6, 6.07) is 5.13. The summed E-state index contributed by atoms with van der Waals surface area (Å²) < 4.78 is 2.16. The lowest BCUT2D eigenvalue weighted by Crippen LogP contribution is -2.34. The number of hydrogen-bond donors (Lipinski definition) is 0. The van der Waals surface area contributed by atoms with E-state index in [2.05, 4.69) is 33.4 Å². The zero-order valence-corrected chi connectivity index (χ0v) is 12.1. The minimum absolute atomic E-state index is 0.427. The maximum atomic E-state index is 6.02. The Kier molecular flexibility index (Phi) is 3.46. The molecule has 2 aromatic rings. The highest BCUT2D eigenvalue weighted by Crippen LogP contribution is 2.28. The van der Waals surface area contributed by atoms with Gasteiger partial charge in [-0.1, -0.05) is 0 Å². The summed E-state index contributed by atoms with van der Waals surface area (Å²) in [7, 11) is 2.20. The van der Waals surface area contributed by atoms with Crippen LogP contribution in [0.15, 0.2) is 18.3 Å². The van der Waals surface area contributed by atoms with Crippen LogP contribution in [0.3, 0.4) is 0 Å². The van der Waals surface area contributed by atoms with E-state index < -0.39 is 0 Å². The first-order valence-corrected chi connectivity index (χ1v) is 7.32. The summed E-state index contributed by atoms with van der Waals surface area (Å²) in [5.41, 5.74) is 1.87. The van der Waals surface area contributed by atoms with E-state index in [-0.39, 0.29) is 0 Å². The number of nitrogens with zero attached hydrogens (tertiary/aromatic N) is 4. The predicted molar refractivity (Wildman–Crippen MR) is 77.3 cm³/mol. The monoisotopic (exact) mass is 278 g/mol. The fourth-order valence-electron chi connectivity index (χ4n) is 2.53. The fraction of sp³-hybridized carbons (Fsp3) is 0.571. The Morgan fingerprint density at radius 1 is 1.53 bits per heavy atom. The first-order chi connectivity index (χ1) is 9.20. The first-order valence-electron chi connectivity index (χ1n) is 6.78. The summed E-state index contributed by atoms with van der Waals surface area (Å²) in [5.74, 6) is 1.34. The third-order valence-corrected chi connectivity index (χ3v) is 4.21. The van der Waals surface area contributed by atoms with Crippen LogP contribution in [0.25, 0.3) is 11.2 Å². The molecule has 5 heteroatoms. The van der Waals surface area contributed by atoms with Crippen LogP contribution < -0.4 is 0 Å². The Hall–Kier alpha value is -1.13. The summed E-state index contributed by atoms with van der Waals surface area (Å²) >= 11 is 6.02. The second-order valence-electron chi connectivity index (χ2n) is 5.36. The molecule has 0 spiro atoms. The number of likely N-dealkylation sites (N-methyl/N-ethyl adjacent to an activating group) is 1. The van der Waals surface area contributed by atoms with Crippen LogP contribution in [-0.4, -0.2) is 38.6 Å². The van der Waals surface area contributed by atoms with Crippen molar-refractivity contribution < 1.29 is 0 Å². The molecule has 0 aromatic carbocycles. The largest absolute Gasteiger partial charge is 0.310 e. The standard InChI is InChI=1S/C14H19ClN4/c1-10(18(2)11-5-6-11)9-19-13(8-15)17-12-4-3-7-16-14(12)19/h3-4,7,10-11H,5-6,8-9H2,1-2H3. The van der Waals surface area contributed by atoms with Crippen molar-refractivity contribution >= 4 is 22.8 Å². The molecule has 2 heterocycles. The molecule has 1 fully saturated rings. The van der Waals surface area contributed by atoms with Gasteiger partial charge in [-0.15, -0.1) is 11.6 Å². The molecule has 0 saturated heterocycles. The van der Waals surface area contributed by atoms with Gasteiger partial charge in [-0.05, 0) is 38.9 Å². The molecule has 0 amide bonds. The number of alkyl halides is 1. The highest BCUT2D eigenvalue weighted by molar-refractivity contribution is 6.16. The third-order valence-electron chi connectivity index (χ3n) is 3.97. The maximum absolute atomic E-state index is 6.02. The zero-order valence-electron chi connectivity index (χ0n) is 11.4. The molecule has 0 radical (unpaired) electrons. The average molecular weight is 279 g/mol. The minimum atomic E-state index is 0.427. The number of hydrogen-bond acceptors (Lipinski definition) is 3. The predicted octanol–water partition coefficient (Wildman–Crippen LogP) is 2.65. The van der Waals surface area contributed by atoms with Gasteiger partial charge in [-0.2, -0.15) is 0 Å². The van der Waals surface area contributed by atoms with Crippen molar-refractivity contribution in [3.8, 4) is 0 Å². The molecule has 2 aromatic heterocycles. The van der Waals surface area contributed by atoms with Gasteiger partial charge < -0.3 is 4.57 Å². The van der Waals surface area contributed by atoms with Gasteiger partial charge in [-0.25, -0.2) is 9.97 Å². The summed E-state index contributed by atoms with van der Waals surface area (Å²) in [6.07, 6.45) is 4.46. The number of aromatic nitrogens is 3. The van der Waals surface area contributed by atoms with E-state index in [1.807, 2.05) is 18.3 Å². The van der Waals surface area contributed by atoms with E-state index in [4.69, 9.17) is 11.6 Å². The Morgan fingerprint density at radius 2 is 2.32 bits per heavy atom. The van der Waals surface area contributed by atoms with Crippen LogP contribution in [-0.2, 0) is 12.4 Å². The van der Waals surface area contributed by atoms with Gasteiger partial charge in [-0.3, -0.25) is 4.90 Å². The molecule has 4 nitrogen and oxygen atoms in total. The van der Waals surface area contributed by atoms with Gasteiger partial charge in [0.15, 0.2) is 5.65 Å². The van der Waals surface area contributed by atoms with Crippen molar-refractivity contribution in [1.82, 2.24) is 19.4 Å². The lowest BCUT2D eigenvalue weighted by atomic mass is 10.3. The van der Waals surface area contributed by atoms with Gasteiger partial charge in [0.25, 0.3) is 0 Å².